The van der Waals surface area contributed by atoms with Gasteiger partial charge in [-0.2, -0.15) is 0 Å². The summed E-state index contributed by atoms with van der Waals surface area (Å²) in [5, 5.41) is 5.82. The lowest BCUT2D eigenvalue weighted by Gasteiger charge is -2.12. The molecule has 0 spiro atoms. The SMILES string of the molecule is O=C(Nc1ccc2ccccc2c1)C1Cc2cc(Cl)ccc2O1. The number of anilines is 1. The maximum atomic E-state index is 12.4. The van der Waals surface area contributed by atoms with Crippen LogP contribution in [0, 0.1) is 0 Å². The molecule has 3 nitrogen and oxygen atoms in total. The van der Waals surface area contributed by atoms with Gasteiger partial charge in [-0.3, -0.25) is 4.79 Å². The van der Waals surface area contributed by atoms with Gasteiger partial charge in [-0.1, -0.05) is 41.9 Å². The van der Waals surface area contributed by atoms with Crippen LogP contribution in [0.25, 0.3) is 10.8 Å². The number of benzene rings is 3. The summed E-state index contributed by atoms with van der Waals surface area (Å²) >= 11 is 5.98. The topological polar surface area (TPSA) is 38.3 Å². The molecule has 4 rings (SSSR count). The van der Waals surface area contributed by atoms with Gasteiger partial charge < -0.3 is 10.1 Å². The monoisotopic (exact) mass is 323 g/mol. The summed E-state index contributed by atoms with van der Waals surface area (Å²) in [5.74, 6) is 0.584. The van der Waals surface area contributed by atoms with Crippen LogP contribution in [-0.4, -0.2) is 12.0 Å². The molecule has 0 saturated carbocycles. The van der Waals surface area contributed by atoms with Gasteiger partial charge in [0.2, 0.25) is 0 Å². The highest BCUT2D eigenvalue weighted by atomic mass is 35.5. The first-order valence-corrected chi connectivity index (χ1v) is 7.81. The third-order valence-corrected chi connectivity index (χ3v) is 4.24. The quantitative estimate of drug-likeness (QED) is 0.757. The number of hydrogen-bond donors (Lipinski definition) is 1. The summed E-state index contributed by atoms with van der Waals surface area (Å²) in [5.41, 5.74) is 1.74. The molecule has 0 fully saturated rings. The summed E-state index contributed by atoms with van der Waals surface area (Å²) < 4.78 is 5.71. The van der Waals surface area contributed by atoms with Crippen molar-refractivity contribution in [2.45, 2.75) is 12.5 Å². The van der Waals surface area contributed by atoms with Gasteiger partial charge in [-0.25, -0.2) is 0 Å². The minimum absolute atomic E-state index is 0.146. The van der Waals surface area contributed by atoms with E-state index in [-0.39, 0.29) is 5.91 Å². The molecule has 1 N–H and O–H groups in total. The number of rotatable bonds is 2. The van der Waals surface area contributed by atoms with E-state index in [1.54, 1.807) is 12.1 Å². The second-order valence-electron chi connectivity index (χ2n) is 5.61. The van der Waals surface area contributed by atoms with Crippen molar-refractivity contribution in [3.63, 3.8) is 0 Å². The first-order chi connectivity index (χ1) is 11.2. The molecule has 1 amide bonds. The molecule has 3 aromatic rings. The van der Waals surface area contributed by atoms with E-state index in [0.717, 1.165) is 27.8 Å². The van der Waals surface area contributed by atoms with Crippen LogP contribution in [0.1, 0.15) is 5.56 Å². The summed E-state index contributed by atoms with van der Waals surface area (Å²) in [6, 6.07) is 19.3. The first-order valence-electron chi connectivity index (χ1n) is 7.44. The highest BCUT2D eigenvalue weighted by Crippen LogP contribution is 2.31. The standard InChI is InChI=1S/C19H14ClNO2/c20-15-6-8-17-14(9-15)11-18(23-17)19(22)21-16-7-5-12-3-1-2-4-13(12)10-16/h1-10,18H,11H2,(H,21,22). The maximum Gasteiger partial charge on any atom is 0.265 e. The van der Waals surface area contributed by atoms with Gasteiger partial charge in [0, 0.05) is 17.1 Å². The molecule has 0 aromatic heterocycles. The Morgan fingerprint density at radius 2 is 1.87 bits per heavy atom. The Balaban J connectivity index is 1.51. The molecule has 1 unspecified atom stereocenters. The Bertz CT molecular complexity index is 907. The Morgan fingerprint density at radius 3 is 2.74 bits per heavy atom. The molecule has 1 heterocycles. The predicted octanol–water partition coefficient (Wildman–Crippen LogP) is 4.44. The van der Waals surface area contributed by atoms with Crippen LogP contribution in [0.5, 0.6) is 5.75 Å². The number of fused-ring (bicyclic) bond motifs is 2. The van der Waals surface area contributed by atoms with Gasteiger partial charge in [0.25, 0.3) is 5.91 Å². The van der Waals surface area contributed by atoms with Crippen LogP contribution < -0.4 is 10.1 Å². The Morgan fingerprint density at radius 1 is 1.04 bits per heavy atom. The fourth-order valence-corrected chi connectivity index (χ4v) is 3.05. The van der Waals surface area contributed by atoms with Crippen molar-refractivity contribution in [3.8, 4) is 5.75 Å². The molecular formula is C19H14ClNO2. The average molecular weight is 324 g/mol. The second kappa shape index (κ2) is 5.60. The van der Waals surface area contributed by atoms with Crippen molar-refractivity contribution in [1.29, 1.82) is 0 Å². The molecule has 1 aliphatic heterocycles. The smallest absolute Gasteiger partial charge is 0.265 e. The molecule has 4 heteroatoms. The number of carbonyl (C=O) groups is 1. The average Bonchev–Trinajstić information content (AvgIpc) is 2.98. The number of ether oxygens (including phenoxy) is 1. The molecule has 0 bridgehead atoms. The highest BCUT2D eigenvalue weighted by Gasteiger charge is 2.29. The molecular weight excluding hydrogens is 310 g/mol. The van der Waals surface area contributed by atoms with E-state index in [9.17, 15) is 4.79 Å². The third kappa shape index (κ3) is 2.76. The zero-order valence-corrected chi connectivity index (χ0v) is 13.0. The fraction of sp³-hybridized carbons (Fsp3) is 0.105. The number of amides is 1. The van der Waals surface area contributed by atoms with E-state index < -0.39 is 6.10 Å². The summed E-state index contributed by atoms with van der Waals surface area (Å²) in [6.45, 7) is 0. The maximum absolute atomic E-state index is 12.4. The fourth-order valence-electron chi connectivity index (χ4n) is 2.85. The highest BCUT2D eigenvalue weighted by molar-refractivity contribution is 6.30. The molecule has 0 aliphatic carbocycles. The van der Waals surface area contributed by atoms with Gasteiger partial charge in [0.1, 0.15) is 5.75 Å². The largest absolute Gasteiger partial charge is 0.480 e. The van der Waals surface area contributed by atoms with Crippen molar-refractivity contribution < 1.29 is 9.53 Å². The predicted molar refractivity (Wildman–Crippen MR) is 92.1 cm³/mol. The number of halogens is 1. The molecule has 114 valence electrons. The third-order valence-electron chi connectivity index (χ3n) is 4.01. The lowest BCUT2D eigenvalue weighted by atomic mass is 10.1. The van der Waals surface area contributed by atoms with E-state index in [4.69, 9.17) is 16.3 Å². The van der Waals surface area contributed by atoms with Crippen molar-refractivity contribution in [3.05, 3.63) is 71.2 Å². The minimum atomic E-state index is -0.519. The van der Waals surface area contributed by atoms with E-state index >= 15 is 0 Å². The number of hydrogen-bond acceptors (Lipinski definition) is 2. The molecule has 1 aliphatic rings. The van der Waals surface area contributed by atoms with Crippen LogP contribution in [0.15, 0.2) is 60.7 Å². The van der Waals surface area contributed by atoms with Crippen LogP contribution in [-0.2, 0) is 11.2 Å². The molecule has 0 saturated heterocycles. The van der Waals surface area contributed by atoms with Crippen LogP contribution in [0.3, 0.4) is 0 Å². The Hall–Kier alpha value is -2.52. The van der Waals surface area contributed by atoms with E-state index in [0.29, 0.717) is 11.4 Å². The van der Waals surface area contributed by atoms with Crippen LogP contribution >= 0.6 is 11.6 Å². The summed E-state index contributed by atoms with van der Waals surface area (Å²) in [6.07, 6.45) is 0.0184. The lowest BCUT2D eigenvalue weighted by Crippen LogP contribution is -2.31. The van der Waals surface area contributed by atoms with Gasteiger partial charge in [0.15, 0.2) is 6.10 Å². The zero-order chi connectivity index (χ0) is 15.8. The van der Waals surface area contributed by atoms with Crippen molar-refractivity contribution in [2.24, 2.45) is 0 Å². The molecule has 3 aromatic carbocycles. The van der Waals surface area contributed by atoms with Crippen molar-refractivity contribution in [1.82, 2.24) is 0 Å². The van der Waals surface area contributed by atoms with E-state index in [2.05, 4.69) is 5.32 Å². The zero-order valence-electron chi connectivity index (χ0n) is 12.3. The van der Waals surface area contributed by atoms with Gasteiger partial charge in [-0.05, 0) is 46.7 Å². The van der Waals surface area contributed by atoms with Gasteiger partial charge in [-0.15, -0.1) is 0 Å². The van der Waals surface area contributed by atoms with Crippen molar-refractivity contribution >= 4 is 34.0 Å². The molecule has 0 radical (unpaired) electrons. The summed E-state index contributed by atoms with van der Waals surface area (Å²) in [7, 11) is 0. The minimum Gasteiger partial charge on any atom is -0.480 e. The normalized spacial score (nSPS) is 16.0. The van der Waals surface area contributed by atoms with Gasteiger partial charge in [0.05, 0.1) is 0 Å². The Kier molecular flexibility index (Phi) is 3.43. The number of carbonyl (C=O) groups excluding carboxylic acids is 1. The second-order valence-corrected chi connectivity index (χ2v) is 6.05. The summed E-state index contributed by atoms with van der Waals surface area (Å²) in [4.78, 5) is 12.4. The molecule has 1 atom stereocenters. The van der Waals surface area contributed by atoms with Crippen molar-refractivity contribution in [2.75, 3.05) is 5.32 Å². The van der Waals surface area contributed by atoms with Crippen LogP contribution in [0.2, 0.25) is 5.02 Å². The van der Waals surface area contributed by atoms with Crippen LogP contribution in [0.4, 0.5) is 5.69 Å². The molecule has 23 heavy (non-hydrogen) atoms. The van der Waals surface area contributed by atoms with Gasteiger partial charge >= 0.3 is 0 Å². The van der Waals surface area contributed by atoms with E-state index in [1.807, 2.05) is 48.5 Å². The first kappa shape index (κ1) is 14.1. The van der Waals surface area contributed by atoms with E-state index in [1.165, 1.54) is 0 Å². The lowest BCUT2D eigenvalue weighted by molar-refractivity contribution is -0.122. The Labute approximate surface area is 138 Å². The number of nitrogens with one attached hydrogen (secondary N) is 1.